The zero-order valence-corrected chi connectivity index (χ0v) is 9.05. The van der Waals surface area contributed by atoms with Crippen LogP contribution < -0.4 is 4.90 Å². The van der Waals surface area contributed by atoms with E-state index in [2.05, 4.69) is 0 Å². The normalized spacial score (nSPS) is 10.4. The van der Waals surface area contributed by atoms with E-state index in [0.29, 0.717) is 25.6 Å². The molecule has 0 radical (unpaired) electrons. The lowest BCUT2D eigenvalue weighted by atomic mass is 10.4. The molecule has 0 atom stereocenters. The van der Waals surface area contributed by atoms with Crippen molar-refractivity contribution < 1.29 is 24.2 Å². The van der Waals surface area contributed by atoms with Crippen molar-refractivity contribution in [3.05, 3.63) is 17.9 Å². The summed E-state index contributed by atoms with van der Waals surface area (Å²) in [6.07, 6.45) is 0. The molecular weight excluding hydrogens is 214 g/mol. The Morgan fingerprint density at radius 2 is 2.25 bits per heavy atom. The van der Waals surface area contributed by atoms with Crippen LogP contribution >= 0.6 is 0 Å². The summed E-state index contributed by atoms with van der Waals surface area (Å²) in [5.74, 6) is -0.805. The zero-order chi connectivity index (χ0) is 12.0. The fourth-order valence-corrected chi connectivity index (χ4v) is 1.27. The molecule has 1 rings (SSSR count). The Bertz CT molecular complexity index is 336. The highest BCUT2D eigenvalue weighted by Crippen LogP contribution is 2.18. The summed E-state index contributed by atoms with van der Waals surface area (Å²) < 4.78 is 10.0. The van der Waals surface area contributed by atoms with Crippen LogP contribution in [0, 0.1) is 0 Å². The third-order valence-electron chi connectivity index (χ3n) is 2.05. The topological polar surface area (TPSA) is 83.1 Å². The smallest absolute Gasteiger partial charge is 0.371 e. The summed E-state index contributed by atoms with van der Waals surface area (Å²) in [6, 6.07) is 2.95. The molecule has 0 spiro atoms. The van der Waals surface area contributed by atoms with Crippen LogP contribution in [0.5, 0.6) is 0 Å². The van der Waals surface area contributed by atoms with Crippen molar-refractivity contribution in [1.29, 1.82) is 0 Å². The second-order valence-electron chi connectivity index (χ2n) is 3.15. The number of nitrogens with zero attached hydrogens (tertiary/aromatic N) is 1. The maximum atomic E-state index is 10.6. The first-order valence-electron chi connectivity index (χ1n) is 4.87. The maximum Gasteiger partial charge on any atom is 0.371 e. The third-order valence-corrected chi connectivity index (χ3v) is 2.05. The van der Waals surface area contributed by atoms with E-state index in [1.807, 2.05) is 0 Å². The van der Waals surface area contributed by atoms with Gasteiger partial charge in [0.25, 0.3) is 0 Å². The number of carbonyl (C=O) groups is 1. The number of aromatic carboxylic acids is 1. The Labute approximate surface area is 93.0 Å². The summed E-state index contributed by atoms with van der Waals surface area (Å²) in [5, 5.41) is 17.6. The number of methoxy groups -OCH3 is 1. The molecule has 0 aliphatic carbocycles. The minimum absolute atomic E-state index is 0.0349. The van der Waals surface area contributed by atoms with Gasteiger partial charge in [-0.05, 0) is 6.07 Å². The molecule has 1 aromatic heterocycles. The van der Waals surface area contributed by atoms with E-state index in [4.69, 9.17) is 19.4 Å². The average Bonchev–Trinajstić information content (AvgIpc) is 2.73. The molecular formula is C10H15NO5. The minimum Gasteiger partial charge on any atom is -0.475 e. The summed E-state index contributed by atoms with van der Waals surface area (Å²) in [4.78, 5) is 12.3. The number of hydrogen-bond acceptors (Lipinski definition) is 5. The number of carboxylic acid groups (broad SMARTS) is 1. The Hall–Kier alpha value is -1.53. The van der Waals surface area contributed by atoms with Crippen molar-refractivity contribution in [3.63, 3.8) is 0 Å². The van der Waals surface area contributed by atoms with Crippen molar-refractivity contribution in [1.82, 2.24) is 0 Å². The minimum atomic E-state index is -1.11. The number of carboxylic acids is 1. The predicted molar refractivity (Wildman–Crippen MR) is 56.8 cm³/mol. The zero-order valence-electron chi connectivity index (χ0n) is 9.05. The summed E-state index contributed by atoms with van der Waals surface area (Å²) in [7, 11) is 1.57. The van der Waals surface area contributed by atoms with Gasteiger partial charge >= 0.3 is 5.97 Å². The molecule has 6 nitrogen and oxygen atoms in total. The van der Waals surface area contributed by atoms with Crippen LogP contribution in [0.15, 0.2) is 16.5 Å². The number of furan rings is 1. The summed E-state index contributed by atoms with van der Waals surface area (Å²) >= 11 is 0. The van der Waals surface area contributed by atoms with E-state index >= 15 is 0 Å². The monoisotopic (exact) mass is 229 g/mol. The number of aliphatic hydroxyl groups excluding tert-OH is 1. The molecule has 90 valence electrons. The van der Waals surface area contributed by atoms with Crippen LogP contribution in [0.1, 0.15) is 10.6 Å². The summed E-state index contributed by atoms with van der Waals surface area (Å²) in [6.45, 7) is 1.34. The van der Waals surface area contributed by atoms with E-state index in [1.165, 1.54) is 6.07 Å². The van der Waals surface area contributed by atoms with Gasteiger partial charge in [-0.25, -0.2) is 4.79 Å². The molecule has 0 bridgehead atoms. The average molecular weight is 229 g/mol. The fourth-order valence-electron chi connectivity index (χ4n) is 1.27. The Balaban J connectivity index is 2.71. The second-order valence-corrected chi connectivity index (χ2v) is 3.15. The van der Waals surface area contributed by atoms with Gasteiger partial charge in [0, 0.05) is 26.3 Å². The second kappa shape index (κ2) is 6.14. The van der Waals surface area contributed by atoms with Crippen molar-refractivity contribution in [3.8, 4) is 0 Å². The van der Waals surface area contributed by atoms with Crippen molar-refractivity contribution in [2.45, 2.75) is 0 Å². The molecule has 0 aliphatic heterocycles. The van der Waals surface area contributed by atoms with Crippen LogP contribution in [0.2, 0.25) is 0 Å². The van der Waals surface area contributed by atoms with E-state index < -0.39 is 5.97 Å². The van der Waals surface area contributed by atoms with Crippen LogP contribution in [0.3, 0.4) is 0 Å². The van der Waals surface area contributed by atoms with E-state index in [9.17, 15) is 4.79 Å². The molecule has 6 heteroatoms. The standard InChI is InChI=1S/C10H15NO5/c1-15-7-5-11(4-6-12)9-3-2-8(16-9)10(13)14/h2-3,12H,4-7H2,1H3,(H,13,14). The molecule has 2 N–H and O–H groups in total. The van der Waals surface area contributed by atoms with Gasteiger partial charge < -0.3 is 24.3 Å². The van der Waals surface area contributed by atoms with Gasteiger partial charge in [0.1, 0.15) is 0 Å². The Morgan fingerprint density at radius 1 is 1.50 bits per heavy atom. The van der Waals surface area contributed by atoms with Crippen LogP contribution in [0.25, 0.3) is 0 Å². The molecule has 0 amide bonds. The molecule has 16 heavy (non-hydrogen) atoms. The number of aliphatic hydroxyl groups is 1. The fraction of sp³-hybridized carbons (Fsp3) is 0.500. The van der Waals surface area contributed by atoms with E-state index in [-0.39, 0.29) is 12.4 Å². The Morgan fingerprint density at radius 3 is 2.75 bits per heavy atom. The van der Waals surface area contributed by atoms with E-state index in [0.717, 1.165) is 0 Å². The van der Waals surface area contributed by atoms with Gasteiger partial charge in [-0.15, -0.1) is 0 Å². The molecule has 1 aromatic rings. The largest absolute Gasteiger partial charge is 0.475 e. The SMILES string of the molecule is COCCN(CCO)c1ccc(C(=O)O)o1. The van der Waals surface area contributed by atoms with Gasteiger partial charge in [0.2, 0.25) is 5.76 Å². The summed E-state index contributed by atoms with van der Waals surface area (Å²) in [5.41, 5.74) is 0. The molecule has 0 saturated heterocycles. The van der Waals surface area contributed by atoms with Gasteiger partial charge in [0.05, 0.1) is 13.2 Å². The first kappa shape index (κ1) is 12.5. The maximum absolute atomic E-state index is 10.6. The van der Waals surface area contributed by atoms with Crippen LogP contribution in [-0.2, 0) is 4.74 Å². The molecule has 0 aromatic carbocycles. The third kappa shape index (κ3) is 3.25. The first-order chi connectivity index (χ1) is 7.69. The van der Waals surface area contributed by atoms with Gasteiger partial charge in [-0.3, -0.25) is 0 Å². The molecule has 0 aliphatic rings. The molecule has 0 saturated carbocycles. The first-order valence-corrected chi connectivity index (χ1v) is 4.87. The highest BCUT2D eigenvalue weighted by Gasteiger charge is 2.13. The quantitative estimate of drug-likeness (QED) is 0.705. The number of anilines is 1. The number of ether oxygens (including phenoxy) is 1. The van der Waals surface area contributed by atoms with E-state index in [1.54, 1.807) is 18.1 Å². The van der Waals surface area contributed by atoms with Crippen molar-refractivity contribution in [2.24, 2.45) is 0 Å². The van der Waals surface area contributed by atoms with Crippen molar-refractivity contribution in [2.75, 3.05) is 38.3 Å². The lowest BCUT2D eigenvalue weighted by Gasteiger charge is -2.20. The van der Waals surface area contributed by atoms with Gasteiger partial charge in [0.15, 0.2) is 5.88 Å². The van der Waals surface area contributed by atoms with Gasteiger partial charge in [-0.1, -0.05) is 0 Å². The number of hydrogen-bond donors (Lipinski definition) is 2. The lowest BCUT2D eigenvalue weighted by molar-refractivity contribution is 0.0663. The molecule has 1 heterocycles. The van der Waals surface area contributed by atoms with Crippen LogP contribution in [0.4, 0.5) is 5.88 Å². The lowest BCUT2D eigenvalue weighted by Crippen LogP contribution is -2.29. The number of rotatable bonds is 7. The van der Waals surface area contributed by atoms with Gasteiger partial charge in [-0.2, -0.15) is 0 Å². The molecule has 0 unspecified atom stereocenters. The highest BCUT2D eigenvalue weighted by atomic mass is 16.5. The molecule has 0 fully saturated rings. The highest BCUT2D eigenvalue weighted by molar-refractivity contribution is 5.84. The van der Waals surface area contributed by atoms with Crippen LogP contribution in [-0.4, -0.2) is 49.6 Å². The Kier molecular flexibility index (Phi) is 4.81. The predicted octanol–water partition coefficient (Wildman–Crippen LogP) is 0.423. The van der Waals surface area contributed by atoms with Crippen molar-refractivity contribution >= 4 is 11.9 Å².